The molecule has 1 atom stereocenters. The van der Waals surface area contributed by atoms with E-state index in [1.54, 1.807) is 0 Å². The maximum atomic E-state index is 12.1. The maximum absolute atomic E-state index is 12.1. The molecule has 21 heavy (non-hydrogen) atoms. The van der Waals surface area contributed by atoms with E-state index in [0.717, 1.165) is 25.8 Å². The molecule has 0 saturated carbocycles. The molecule has 1 unspecified atom stereocenters. The first-order chi connectivity index (χ1) is 10.0. The van der Waals surface area contributed by atoms with Crippen LogP contribution in [0.2, 0.25) is 0 Å². The third kappa shape index (κ3) is 7.53. The third-order valence-corrected chi connectivity index (χ3v) is 3.51. The average Bonchev–Trinajstić information content (AvgIpc) is 2.44. The Kier molecular flexibility index (Phi) is 8.47. The van der Waals surface area contributed by atoms with Gasteiger partial charge in [0.15, 0.2) is 0 Å². The molecule has 0 aliphatic rings. The molecule has 0 amide bonds. The molecule has 4 heteroatoms. The third-order valence-electron chi connectivity index (χ3n) is 3.51. The van der Waals surface area contributed by atoms with Crippen LogP contribution in [0.15, 0.2) is 18.2 Å². The molecule has 2 nitrogen and oxygen atoms in total. The van der Waals surface area contributed by atoms with Gasteiger partial charge in [0.25, 0.3) is 6.43 Å². The lowest BCUT2D eigenvalue weighted by Gasteiger charge is -2.20. The smallest absolute Gasteiger partial charge is 0.261 e. The van der Waals surface area contributed by atoms with Crippen LogP contribution in [0.5, 0.6) is 0 Å². The van der Waals surface area contributed by atoms with Crippen molar-refractivity contribution in [1.82, 2.24) is 5.32 Å². The number of halogens is 2. The fraction of sp³-hybridized carbons (Fsp3) is 0.647. The Morgan fingerprint density at radius 2 is 2.00 bits per heavy atom. The fourth-order valence-electron chi connectivity index (χ4n) is 2.31. The molecule has 0 bridgehead atoms. The standard InChI is InChI=1S/C17H27F2NO/c1-4-8-20-16(7-9-21-12-17(18)19)11-15-10-13(2)5-6-14(15)3/h5-6,10,16-17,20H,4,7-9,11-12H2,1-3H3. The van der Waals surface area contributed by atoms with Gasteiger partial charge in [-0.1, -0.05) is 30.7 Å². The van der Waals surface area contributed by atoms with E-state index >= 15 is 0 Å². The molecule has 0 spiro atoms. The Labute approximate surface area is 126 Å². The molecule has 0 fully saturated rings. The summed E-state index contributed by atoms with van der Waals surface area (Å²) in [6.45, 7) is 7.16. The van der Waals surface area contributed by atoms with Crippen molar-refractivity contribution >= 4 is 0 Å². The van der Waals surface area contributed by atoms with Gasteiger partial charge in [0.1, 0.15) is 6.61 Å². The Bertz CT molecular complexity index is 410. The number of hydrogen-bond donors (Lipinski definition) is 1. The van der Waals surface area contributed by atoms with Crippen LogP contribution in [0.1, 0.15) is 36.5 Å². The molecule has 0 radical (unpaired) electrons. The summed E-state index contributed by atoms with van der Waals surface area (Å²) in [5, 5.41) is 3.49. The number of rotatable bonds is 10. The number of ether oxygens (including phenoxy) is 1. The summed E-state index contributed by atoms with van der Waals surface area (Å²) in [4.78, 5) is 0. The monoisotopic (exact) mass is 299 g/mol. The Hall–Kier alpha value is -1.00. The van der Waals surface area contributed by atoms with Crippen molar-refractivity contribution in [3.05, 3.63) is 34.9 Å². The first-order valence-electron chi connectivity index (χ1n) is 7.68. The second kappa shape index (κ2) is 9.85. The van der Waals surface area contributed by atoms with Crippen LogP contribution >= 0.6 is 0 Å². The van der Waals surface area contributed by atoms with Gasteiger partial charge >= 0.3 is 0 Å². The van der Waals surface area contributed by atoms with Crippen molar-refractivity contribution in [3.63, 3.8) is 0 Å². The van der Waals surface area contributed by atoms with Crippen molar-refractivity contribution in [3.8, 4) is 0 Å². The van der Waals surface area contributed by atoms with Gasteiger partial charge in [-0.3, -0.25) is 0 Å². The van der Waals surface area contributed by atoms with Gasteiger partial charge < -0.3 is 10.1 Å². The average molecular weight is 299 g/mol. The predicted octanol–water partition coefficient (Wildman–Crippen LogP) is 3.89. The van der Waals surface area contributed by atoms with E-state index in [1.165, 1.54) is 16.7 Å². The van der Waals surface area contributed by atoms with Crippen LogP contribution in [-0.2, 0) is 11.2 Å². The maximum Gasteiger partial charge on any atom is 0.261 e. The van der Waals surface area contributed by atoms with Crippen molar-refractivity contribution in [2.75, 3.05) is 19.8 Å². The van der Waals surface area contributed by atoms with Crippen LogP contribution in [0.3, 0.4) is 0 Å². The highest BCUT2D eigenvalue weighted by molar-refractivity contribution is 5.31. The van der Waals surface area contributed by atoms with Gasteiger partial charge in [0, 0.05) is 12.6 Å². The molecule has 120 valence electrons. The van der Waals surface area contributed by atoms with Gasteiger partial charge in [0.2, 0.25) is 0 Å². The second-order valence-electron chi connectivity index (χ2n) is 5.54. The zero-order valence-corrected chi connectivity index (χ0v) is 13.3. The van der Waals surface area contributed by atoms with E-state index in [2.05, 4.69) is 44.3 Å². The minimum absolute atomic E-state index is 0.267. The van der Waals surface area contributed by atoms with Gasteiger partial charge in [-0.25, -0.2) is 8.78 Å². The molecule has 1 rings (SSSR count). The van der Waals surface area contributed by atoms with Crippen LogP contribution in [0.25, 0.3) is 0 Å². The fourth-order valence-corrected chi connectivity index (χ4v) is 2.31. The Morgan fingerprint density at radius 3 is 2.67 bits per heavy atom. The highest BCUT2D eigenvalue weighted by Crippen LogP contribution is 2.14. The molecule has 0 aliphatic heterocycles. The van der Waals surface area contributed by atoms with Gasteiger partial charge in [-0.15, -0.1) is 0 Å². The highest BCUT2D eigenvalue weighted by atomic mass is 19.3. The highest BCUT2D eigenvalue weighted by Gasteiger charge is 2.11. The van der Waals surface area contributed by atoms with E-state index in [9.17, 15) is 8.78 Å². The van der Waals surface area contributed by atoms with Crippen LogP contribution in [0.4, 0.5) is 8.78 Å². The molecule has 0 heterocycles. The van der Waals surface area contributed by atoms with Crippen molar-refractivity contribution in [1.29, 1.82) is 0 Å². The quantitative estimate of drug-likeness (QED) is 0.662. The molecule has 0 saturated heterocycles. The predicted molar refractivity (Wildman–Crippen MR) is 83.1 cm³/mol. The number of alkyl halides is 2. The number of aryl methyl sites for hydroxylation is 2. The first-order valence-corrected chi connectivity index (χ1v) is 7.68. The largest absolute Gasteiger partial charge is 0.375 e. The zero-order chi connectivity index (χ0) is 15.7. The minimum Gasteiger partial charge on any atom is -0.375 e. The summed E-state index contributed by atoms with van der Waals surface area (Å²) < 4.78 is 29.1. The molecule has 1 N–H and O–H groups in total. The lowest BCUT2D eigenvalue weighted by molar-refractivity contribution is 0.0144. The van der Waals surface area contributed by atoms with E-state index in [0.29, 0.717) is 6.61 Å². The lowest BCUT2D eigenvalue weighted by atomic mass is 9.97. The molecule has 1 aromatic carbocycles. The van der Waals surface area contributed by atoms with Crippen LogP contribution in [-0.4, -0.2) is 32.2 Å². The van der Waals surface area contributed by atoms with Gasteiger partial charge in [-0.05, 0) is 50.8 Å². The summed E-state index contributed by atoms with van der Waals surface area (Å²) in [7, 11) is 0. The number of hydrogen-bond acceptors (Lipinski definition) is 2. The summed E-state index contributed by atoms with van der Waals surface area (Å²) >= 11 is 0. The van der Waals surface area contributed by atoms with E-state index in [4.69, 9.17) is 4.74 Å². The van der Waals surface area contributed by atoms with Crippen molar-refractivity contribution in [2.24, 2.45) is 0 Å². The summed E-state index contributed by atoms with van der Waals surface area (Å²) in [5.74, 6) is 0. The van der Waals surface area contributed by atoms with E-state index in [-0.39, 0.29) is 6.04 Å². The SMILES string of the molecule is CCCNC(CCOCC(F)F)Cc1cc(C)ccc1C. The van der Waals surface area contributed by atoms with Gasteiger partial charge in [-0.2, -0.15) is 0 Å². The van der Waals surface area contributed by atoms with Gasteiger partial charge in [0.05, 0.1) is 0 Å². The lowest BCUT2D eigenvalue weighted by Crippen LogP contribution is -2.33. The number of benzene rings is 1. The Morgan fingerprint density at radius 1 is 1.24 bits per heavy atom. The van der Waals surface area contributed by atoms with E-state index < -0.39 is 13.0 Å². The molecule has 0 aliphatic carbocycles. The summed E-state index contributed by atoms with van der Waals surface area (Å²) in [6.07, 6.45) is 0.332. The summed E-state index contributed by atoms with van der Waals surface area (Å²) in [5.41, 5.74) is 3.84. The Balaban J connectivity index is 2.54. The van der Waals surface area contributed by atoms with Crippen LogP contribution < -0.4 is 5.32 Å². The summed E-state index contributed by atoms with van der Waals surface area (Å²) in [6, 6.07) is 6.72. The number of nitrogens with one attached hydrogen (secondary N) is 1. The molecule has 0 aromatic heterocycles. The molecular weight excluding hydrogens is 272 g/mol. The normalized spacial score (nSPS) is 12.9. The zero-order valence-electron chi connectivity index (χ0n) is 13.3. The molecule has 1 aromatic rings. The topological polar surface area (TPSA) is 21.3 Å². The van der Waals surface area contributed by atoms with Crippen molar-refractivity contribution in [2.45, 2.75) is 52.5 Å². The van der Waals surface area contributed by atoms with Crippen molar-refractivity contribution < 1.29 is 13.5 Å². The van der Waals surface area contributed by atoms with E-state index in [1.807, 2.05) is 0 Å². The molecular formula is C17H27F2NO. The second-order valence-corrected chi connectivity index (χ2v) is 5.54. The first kappa shape index (κ1) is 18.1. The van der Waals surface area contributed by atoms with Crippen LogP contribution in [0, 0.1) is 13.8 Å². The minimum atomic E-state index is -2.38.